The molecule has 1 aliphatic rings. The Kier molecular flexibility index (Phi) is 4.18. The number of carbonyl (C=O) groups is 2. The number of carboxylic acids is 1. The van der Waals surface area contributed by atoms with Gasteiger partial charge in [0.1, 0.15) is 5.75 Å². The largest absolute Gasteiger partial charge is 0.507 e. The highest BCUT2D eigenvalue weighted by atomic mass is 35.5. The summed E-state index contributed by atoms with van der Waals surface area (Å²) in [6.45, 7) is 2.19. The van der Waals surface area contributed by atoms with Crippen LogP contribution in [0.5, 0.6) is 5.75 Å². The average Bonchev–Trinajstić information content (AvgIpc) is 2.37. The van der Waals surface area contributed by atoms with E-state index in [1.54, 1.807) is 11.0 Å². The summed E-state index contributed by atoms with van der Waals surface area (Å²) in [4.78, 5) is 25.0. The molecule has 20 heavy (non-hydrogen) atoms. The highest BCUT2D eigenvalue weighted by Crippen LogP contribution is 2.28. The topological polar surface area (TPSA) is 77.8 Å². The Balaban J connectivity index is 2.16. The first-order chi connectivity index (χ1) is 9.40. The molecule has 0 spiro atoms. The van der Waals surface area contributed by atoms with Gasteiger partial charge in [0.2, 0.25) is 0 Å². The van der Waals surface area contributed by atoms with E-state index in [2.05, 4.69) is 0 Å². The fourth-order valence-electron chi connectivity index (χ4n) is 2.54. The second-order valence-electron chi connectivity index (χ2n) is 5.07. The number of piperidine rings is 1. The first kappa shape index (κ1) is 14.7. The Labute approximate surface area is 121 Å². The van der Waals surface area contributed by atoms with Crippen LogP contribution in [0.15, 0.2) is 18.2 Å². The second-order valence-corrected chi connectivity index (χ2v) is 5.51. The summed E-state index contributed by atoms with van der Waals surface area (Å²) >= 11 is 5.74. The number of halogens is 1. The molecule has 0 radical (unpaired) electrons. The molecule has 1 fully saturated rings. The standard InChI is InChI=1S/C14H16ClNO4/c1-8-6-9(14(19)20)4-5-16(8)13(18)11-3-2-10(15)7-12(11)17/h2-3,7-9,17H,4-6H2,1H3,(H,19,20). The van der Waals surface area contributed by atoms with Gasteiger partial charge in [-0.05, 0) is 38.0 Å². The minimum Gasteiger partial charge on any atom is -0.507 e. The summed E-state index contributed by atoms with van der Waals surface area (Å²) < 4.78 is 0. The highest BCUT2D eigenvalue weighted by Gasteiger charge is 2.33. The number of benzene rings is 1. The van der Waals surface area contributed by atoms with Gasteiger partial charge in [-0.2, -0.15) is 0 Å². The van der Waals surface area contributed by atoms with Gasteiger partial charge in [-0.3, -0.25) is 9.59 Å². The van der Waals surface area contributed by atoms with Crippen molar-refractivity contribution in [3.8, 4) is 5.75 Å². The molecular weight excluding hydrogens is 282 g/mol. The summed E-state index contributed by atoms with van der Waals surface area (Å²) in [5.41, 5.74) is 0.190. The van der Waals surface area contributed by atoms with Gasteiger partial charge in [0, 0.05) is 17.6 Å². The van der Waals surface area contributed by atoms with Crippen LogP contribution in [0.25, 0.3) is 0 Å². The molecule has 0 bridgehead atoms. The van der Waals surface area contributed by atoms with Gasteiger partial charge in [0.15, 0.2) is 0 Å². The minimum absolute atomic E-state index is 0.157. The maximum Gasteiger partial charge on any atom is 0.306 e. The van der Waals surface area contributed by atoms with Crippen LogP contribution in [-0.2, 0) is 4.79 Å². The number of aliphatic carboxylic acids is 1. The number of amides is 1. The van der Waals surface area contributed by atoms with Crippen molar-refractivity contribution in [2.24, 2.45) is 5.92 Å². The average molecular weight is 298 g/mol. The van der Waals surface area contributed by atoms with Crippen molar-refractivity contribution >= 4 is 23.5 Å². The number of rotatable bonds is 2. The zero-order valence-electron chi connectivity index (χ0n) is 11.0. The zero-order chi connectivity index (χ0) is 14.9. The molecule has 0 saturated carbocycles. The molecule has 108 valence electrons. The molecule has 1 aliphatic heterocycles. The number of carboxylic acid groups (broad SMARTS) is 1. The molecule has 6 heteroatoms. The zero-order valence-corrected chi connectivity index (χ0v) is 11.8. The number of hydrogen-bond donors (Lipinski definition) is 2. The number of carbonyl (C=O) groups excluding carboxylic acids is 1. The third-order valence-corrected chi connectivity index (χ3v) is 3.91. The van der Waals surface area contributed by atoms with Crippen molar-refractivity contribution in [1.29, 1.82) is 0 Å². The summed E-state index contributed by atoms with van der Waals surface area (Å²) in [7, 11) is 0. The van der Waals surface area contributed by atoms with Gasteiger partial charge in [-0.15, -0.1) is 0 Å². The number of hydrogen-bond acceptors (Lipinski definition) is 3. The molecule has 1 saturated heterocycles. The Hall–Kier alpha value is -1.75. The van der Waals surface area contributed by atoms with E-state index in [0.717, 1.165) is 0 Å². The summed E-state index contributed by atoms with van der Waals surface area (Å²) in [5, 5.41) is 19.2. The van der Waals surface area contributed by atoms with Crippen LogP contribution in [0, 0.1) is 5.92 Å². The molecule has 2 N–H and O–H groups in total. The summed E-state index contributed by atoms with van der Waals surface area (Å²) in [5.74, 6) is -1.68. The van der Waals surface area contributed by atoms with E-state index >= 15 is 0 Å². The molecular formula is C14H16ClNO4. The van der Waals surface area contributed by atoms with Crippen molar-refractivity contribution < 1.29 is 19.8 Å². The fraction of sp³-hybridized carbons (Fsp3) is 0.429. The lowest BCUT2D eigenvalue weighted by Gasteiger charge is -2.36. The van der Waals surface area contributed by atoms with Gasteiger partial charge in [0.05, 0.1) is 11.5 Å². The van der Waals surface area contributed by atoms with Crippen molar-refractivity contribution in [2.75, 3.05) is 6.54 Å². The fourth-order valence-corrected chi connectivity index (χ4v) is 2.70. The van der Waals surface area contributed by atoms with E-state index < -0.39 is 11.9 Å². The van der Waals surface area contributed by atoms with Crippen molar-refractivity contribution in [1.82, 2.24) is 4.90 Å². The quantitative estimate of drug-likeness (QED) is 0.878. The normalized spacial score (nSPS) is 22.6. The molecule has 2 atom stereocenters. The monoisotopic (exact) mass is 297 g/mol. The Bertz CT molecular complexity index is 546. The summed E-state index contributed by atoms with van der Waals surface area (Å²) in [6.07, 6.45) is 0.856. The maximum atomic E-state index is 12.4. The van der Waals surface area contributed by atoms with Gasteiger partial charge < -0.3 is 15.1 Å². The van der Waals surface area contributed by atoms with E-state index in [1.165, 1.54) is 12.1 Å². The van der Waals surface area contributed by atoms with Crippen LogP contribution in [-0.4, -0.2) is 39.6 Å². The van der Waals surface area contributed by atoms with E-state index in [4.69, 9.17) is 16.7 Å². The molecule has 5 nitrogen and oxygen atoms in total. The number of aromatic hydroxyl groups is 1. The number of phenols is 1. The number of likely N-dealkylation sites (tertiary alicyclic amines) is 1. The van der Waals surface area contributed by atoms with E-state index in [-0.39, 0.29) is 23.3 Å². The molecule has 1 heterocycles. The first-order valence-electron chi connectivity index (χ1n) is 6.42. The molecule has 1 amide bonds. The van der Waals surface area contributed by atoms with Crippen molar-refractivity contribution in [3.05, 3.63) is 28.8 Å². The lowest BCUT2D eigenvalue weighted by Crippen LogP contribution is -2.46. The number of phenolic OH excluding ortho intramolecular Hbond substituents is 1. The van der Waals surface area contributed by atoms with Crippen molar-refractivity contribution in [3.63, 3.8) is 0 Å². The van der Waals surface area contributed by atoms with E-state index in [0.29, 0.717) is 24.4 Å². The maximum absolute atomic E-state index is 12.4. The SMILES string of the molecule is CC1CC(C(=O)O)CCN1C(=O)c1ccc(Cl)cc1O. The predicted molar refractivity (Wildman–Crippen MR) is 74.0 cm³/mol. The molecule has 2 unspecified atom stereocenters. The lowest BCUT2D eigenvalue weighted by atomic mass is 9.91. The van der Waals surface area contributed by atoms with E-state index in [1.807, 2.05) is 6.92 Å². The van der Waals surface area contributed by atoms with Gasteiger partial charge in [0.25, 0.3) is 5.91 Å². The van der Waals surface area contributed by atoms with Gasteiger partial charge in [-0.1, -0.05) is 11.6 Å². The molecule has 0 aromatic heterocycles. The van der Waals surface area contributed by atoms with Crippen LogP contribution in [0.3, 0.4) is 0 Å². The van der Waals surface area contributed by atoms with Crippen LogP contribution < -0.4 is 0 Å². The Morgan fingerprint density at radius 2 is 2.10 bits per heavy atom. The van der Waals surface area contributed by atoms with Gasteiger partial charge in [-0.25, -0.2) is 0 Å². The van der Waals surface area contributed by atoms with Crippen molar-refractivity contribution in [2.45, 2.75) is 25.8 Å². The second kappa shape index (κ2) is 5.71. The van der Waals surface area contributed by atoms with Crippen LogP contribution in [0.4, 0.5) is 0 Å². The van der Waals surface area contributed by atoms with Gasteiger partial charge >= 0.3 is 5.97 Å². The van der Waals surface area contributed by atoms with Crippen LogP contribution in [0.2, 0.25) is 5.02 Å². The third-order valence-electron chi connectivity index (χ3n) is 3.68. The van der Waals surface area contributed by atoms with Crippen LogP contribution >= 0.6 is 11.6 Å². The Morgan fingerprint density at radius 1 is 1.40 bits per heavy atom. The first-order valence-corrected chi connectivity index (χ1v) is 6.80. The lowest BCUT2D eigenvalue weighted by molar-refractivity contribution is -0.143. The summed E-state index contributed by atoms with van der Waals surface area (Å²) in [6, 6.07) is 4.18. The highest BCUT2D eigenvalue weighted by molar-refractivity contribution is 6.30. The molecule has 2 rings (SSSR count). The molecule has 1 aromatic carbocycles. The molecule has 1 aromatic rings. The third kappa shape index (κ3) is 2.88. The Morgan fingerprint density at radius 3 is 2.65 bits per heavy atom. The molecule has 0 aliphatic carbocycles. The number of nitrogens with zero attached hydrogens (tertiary/aromatic N) is 1. The van der Waals surface area contributed by atoms with E-state index in [9.17, 15) is 14.7 Å². The van der Waals surface area contributed by atoms with Crippen LogP contribution in [0.1, 0.15) is 30.1 Å². The predicted octanol–water partition coefficient (Wildman–Crippen LogP) is 2.37. The smallest absolute Gasteiger partial charge is 0.306 e. The minimum atomic E-state index is -0.821.